The normalized spacial score (nSPS) is 15.2. The second kappa shape index (κ2) is 7.16. The van der Waals surface area contributed by atoms with Crippen LogP contribution in [0.15, 0.2) is 57.4 Å². The predicted molar refractivity (Wildman–Crippen MR) is 117 cm³/mol. The Morgan fingerprint density at radius 2 is 1.46 bits per heavy atom. The highest BCUT2D eigenvalue weighted by Crippen LogP contribution is 2.40. The molecule has 0 bridgehead atoms. The van der Waals surface area contributed by atoms with Gasteiger partial charge in [-0.15, -0.1) is 0 Å². The number of aryl methyl sites for hydroxylation is 2. The zero-order valence-corrected chi connectivity index (χ0v) is 17.6. The highest BCUT2D eigenvalue weighted by atomic mass is 16.3. The standard InChI is InChI=1S/C26H30O2/c1-6-11-26(5,23-10-9-22-14-19(4)28-25(22)16-23)17(2)12-20-7-8-21-13-18(3)27-24(21)15-20/h7-10,13-17H,6,11-12H2,1-5H3. The molecule has 28 heavy (non-hydrogen) atoms. The highest BCUT2D eigenvalue weighted by molar-refractivity contribution is 5.79. The van der Waals surface area contributed by atoms with E-state index in [4.69, 9.17) is 8.83 Å². The first-order valence-corrected chi connectivity index (χ1v) is 10.4. The Morgan fingerprint density at radius 1 is 0.857 bits per heavy atom. The van der Waals surface area contributed by atoms with Gasteiger partial charge in [-0.3, -0.25) is 0 Å². The van der Waals surface area contributed by atoms with Crippen molar-refractivity contribution in [3.63, 3.8) is 0 Å². The summed E-state index contributed by atoms with van der Waals surface area (Å²) < 4.78 is 11.8. The molecule has 0 saturated carbocycles. The molecule has 2 nitrogen and oxygen atoms in total. The van der Waals surface area contributed by atoms with Gasteiger partial charge in [0.25, 0.3) is 0 Å². The molecule has 2 aromatic heterocycles. The van der Waals surface area contributed by atoms with Crippen LogP contribution in [0.25, 0.3) is 21.9 Å². The van der Waals surface area contributed by atoms with E-state index in [1.54, 1.807) is 0 Å². The number of benzene rings is 2. The Balaban J connectivity index is 1.67. The third-order valence-electron chi connectivity index (χ3n) is 6.41. The van der Waals surface area contributed by atoms with Gasteiger partial charge in [0.15, 0.2) is 0 Å². The van der Waals surface area contributed by atoms with Gasteiger partial charge >= 0.3 is 0 Å². The quantitative estimate of drug-likeness (QED) is 0.345. The van der Waals surface area contributed by atoms with Crippen LogP contribution in [0.5, 0.6) is 0 Å². The Bertz CT molecular complexity index is 1110. The molecule has 2 aromatic carbocycles. The molecular formula is C26H30O2. The summed E-state index contributed by atoms with van der Waals surface area (Å²) in [6.45, 7) is 11.1. The van der Waals surface area contributed by atoms with Crippen molar-refractivity contribution < 1.29 is 8.83 Å². The van der Waals surface area contributed by atoms with Crippen molar-refractivity contribution in [1.82, 2.24) is 0 Å². The van der Waals surface area contributed by atoms with Gasteiger partial charge in [-0.05, 0) is 73.4 Å². The summed E-state index contributed by atoms with van der Waals surface area (Å²) in [4.78, 5) is 0. The average Bonchev–Trinajstić information content (AvgIpc) is 3.20. The maximum Gasteiger partial charge on any atom is 0.134 e. The van der Waals surface area contributed by atoms with Crippen molar-refractivity contribution >= 4 is 21.9 Å². The van der Waals surface area contributed by atoms with Gasteiger partial charge in [-0.25, -0.2) is 0 Å². The van der Waals surface area contributed by atoms with Crippen LogP contribution >= 0.6 is 0 Å². The lowest BCUT2D eigenvalue weighted by atomic mass is 9.67. The molecule has 2 heterocycles. The summed E-state index contributed by atoms with van der Waals surface area (Å²) in [5.74, 6) is 2.44. The SMILES string of the molecule is CCCC(C)(c1ccc2cc(C)oc2c1)C(C)Cc1ccc2cc(C)oc2c1. The molecule has 0 N–H and O–H groups in total. The summed E-state index contributed by atoms with van der Waals surface area (Å²) in [6, 6.07) is 17.6. The fourth-order valence-corrected chi connectivity index (χ4v) is 4.63. The molecule has 0 radical (unpaired) electrons. The van der Waals surface area contributed by atoms with Gasteiger partial charge < -0.3 is 8.83 Å². The maximum atomic E-state index is 5.92. The lowest BCUT2D eigenvalue weighted by Gasteiger charge is -2.36. The first-order chi connectivity index (χ1) is 13.4. The molecule has 4 aromatic rings. The lowest BCUT2D eigenvalue weighted by molar-refractivity contribution is 0.288. The van der Waals surface area contributed by atoms with Gasteiger partial charge in [0, 0.05) is 10.8 Å². The van der Waals surface area contributed by atoms with Gasteiger partial charge in [0.05, 0.1) is 0 Å². The molecule has 146 valence electrons. The van der Waals surface area contributed by atoms with E-state index >= 15 is 0 Å². The Kier molecular flexibility index (Phi) is 4.82. The molecule has 0 spiro atoms. The van der Waals surface area contributed by atoms with E-state index < -0.39 is 0 Å². The van der Waals surface area contributed by atoms with Crippen molar-refractivity contribution in [1.29, 1.82) is 0 Å². The van der Waals surface area contributed by atoms with Crippen LogP contribution < -0.4 is 0 Å². The average molecular weight is 375 g/mol. The fraction of sp³-hybridized carbons (Fsp3) is 0.385. The van der Waals surface area contributed by atoms with Crippen molar-refractivity contribution in [2.75, 3.05) is 0 Å². The second-order valence-corrected chi connectivity index (χ2v) is 8.61. The van der Waals surface area contributed by atoms with Crippen molar-refractivity contribution in [2.45, 2.75) is 59.3 Å². The Labute approximate surface area is 167 Å². The summed E-state index contributed by atoms with van der Waals surface area (Å²) >= 11 is 0. The lowest BCUT2D eigenvalue weighted by Crippen LogP contribution is -2.31. The second-order valence-electron chi connectivity index (χ2n) is 8.61. The number of furan rings is 2. The molecule has 0 amide bonds. The molecular weight excluding hydrogens is 344 g/mol. The summed E-state index contributed by atoms with van der Waals surface area (Å²) in [7, 11) is 0. The van der Waals surface area contributed by atoms with E-state index in [0.717, 1.165) is 41.9 Å². The Morgan fingerprint density at radius 3 is 2.11 bits per heavy atom. The van der Waals surface area contributed by atoms with Crippen LogP contribution in [0.4, 0.5) is 0 Å². The molecule has 2 heteroatoms. The first-order valence-electron chi connectivity index (χ1n) is 10.4. The number of rotatable bonds is 6. The third kappa shape index (κ3) is 3.37. The zero-order chi connectivity index (χ0) is 19.9. The summed E-state index contributed by atoms with van der Waals surface area (Å²) in [5, 5.41) is 2.37. The molecule has 2 atom stereocenters. The number of fused-ring (bicyclic) bond motifs is 2. The van der Waals surface area contributed by atoms with Gasteiger partial charge in [0.1, 0.15) is 22.7 Å². The maximum absolute atomic E-state index is 5.92. The van der Waals surface area contributed by atoms with Crippen molar-refractivity contribution in [3.05, 3.63) is 71.2 Å². The third-order valence-corrected chi connectivity index (χ3v) is 6.41. The van der Waals surface area contributed by atoms with Crippen LogP contribution in [-0.2, 0) is 11.8 Å². The molecule has 0 aliphatic rings. The summed E-state index contributed by atoms with van der Waals surface area (Å²) in [5.41, 5.74) is 4.80. The van der Waals surface area contributed by atoms with Gasteiger partial charge in [-0.2, -0.15) is 0 Å². The van der Waals surface area contributed by atoms with E-state index in [1.165, 1.54) is 21.9 Å². The van der Waals surface area contributed by atoms with Crippen molar-refractivity contribution in [2.24, 2.45) is 5.92 Å². The largest absolute Gasteiger partial charge is 0.461 e. The predicted octanol–water partition coefficient (Wildman–Crippen LogP) is 7.73. The van der Waals surface area contributed by atoms with Crippen LogP contribution in [0.3, 0.4) is 0 Å². The number of hydrogen-bond acceptors (Lipinski definition) is 2. The van der Waals surface area contributed by atoms with E-state index in [9.17, 15) is 0 Å². The van der Waals surface area contributed by atoms with Gasteiger partial charge in [0.2, 0.25) is 0 Å². The van der Waals surface area contributed by atoms with Crippen LogP contribution in [-0.4, -0.2) is 0 Å². The van der Waals surface area contributed by atoms with Gasteiger partial charge in [-0.1, -0.05) is 51.5 Å². The minimum Gasteiger partial charge on any atom is -0.461 e. The zero-order valence-electron chi connectivity index (χ0n) is 17.6. The van der Waals surface area contributed by atoms with Crippen LogP contribution in [0.2, 0.25) is 0 Å². The molecule has 0 saturated heterocycles. The Hall–Kier alpha value is -2.48. The molecule has 0 aliphatic carbocycles. The monoisotopic (exact) mass is 374 g/mol. The van der Waals surface area contributed by atoms with Crippen LogP contribution in [0.1, 0.15) is 56.3 Å². The molecule has 0 aliphatic heterocycles. The smallest absolute Gasteiger partial charge is 0.134 e. The highest BCUT2D eigenvalue weighted by Gasteiger charge is 2.32. The van der Waals surface area contributed by atoms with E-state index in [0.29, 0.717) is 5.92 Å². The minimum absolute atomic E-state index is 0.0949. The van der Waals surface area contributed by atoms with Crippen molar-refractivity contribution in [3.8, 4) is 0 Å². The topological polar surface area (TPSA) is 26.3 Å². The molecule has 2 unspecified atom stereocenters. The van der Waals surface area contributed by atoms with E-state index in [-0.39, 0.29) is 5.41 Å². The van der Waals surface area contributed by atoms with Crippen LogP contribution in [0, 0.1) is 19.8 Å². The van der Waals surface area contributed by atoms with E-state index in [1.807, 2.05) is 13.8 Å². The van der Waals surface area contributed by atoms with E-state index in [2.05, 4.69) is 69.3 Å². The summed E-state index contributed by atoms with van der Waals surface area (Å²) in [6.07, 6.45) is 3.34. The molecule has 4 rings (SSSR count). The number of hydrogen-bond donors (Lipinski definition) is 0. The fourth-order valence-electron chi connectivity index (χ4n) is 4.63. The molecule has 0 fully saturated rings. The minimum atomic E-state index is 0.0949. The first kappa shape index (κ1) is 18.9.